The highest BCUT2D eigenvalue weighted by Gasteiger charge is 2.27. The minimum Gasteiger partial charge on any atom is -0.384 e. The second kappa shape index (κ2) is 7.77. The molecule has 3 rings (SSSR count). The van der Waals surface area contributed by atoms with Crippen molar-refractivity contribution in [3.8, 4) is 0 Å². The van der Waals surface area contributed by atoms with Crippen molar-refractivity contribution in [1.29, 1.82) is 0 Å². The van der Waals surface area contributed by atoms with Gasteiger partial charge < -0.3 is 11.1 Å². The van der Waals surface area contributed by atoms with E-state index in [4.69, 9.17) is 5.73 Å². The lowest BCUT2D eigenvalue weighted by atomic mass is 9.99. The molecule has 1 atom stereocenters. The highest BCUT2D eigenvalue weighted by atomic mass is 16.1. The number of piperidine rings is 1. The van der Waals surface area contributed by atoms with Crippen LogP contribution in [0.5, 0.6) is 0 Å². The molecule has 2 fully saturated rings. The Morgan fingerprint density at radius 1 is 1.17 bits per heavy atom. The number of hydrogen-bond acceptors (Lipinski definition) is 4. The third kappa shape index (κ3) is 4.44. The minimum atomic E-state index is -0.0354. The fraction of sp³-hybridized carbons (Fsp3) is 0.667. The maximum Gasteiger partial charge on any atom is 0.251 e. The Labute approximate surface area is 138 Å². The van der Waals surface area contributed by atoms with Crippen LogP contribution in [0.3, 0.4) is 0 Å². The van der Waals surface area contributed by atoms with Crippen molar-refractivity contribution in [3.05, 3.63) is 23.9 Å². The quantitative estimate of drug-likeness (QED) is 0.841. The van der Waals surface area contributed by atoms with E-state index in [0.29, 0.717) is 17.4 Å². The Morgan fingerprint density at radius 2 is 1.96 bits per heavy atom. The first-order valence-electron chi connectivity index (χ1n) is 8.99. The first-order valence-corrected chi connectivity index (χ1v) is 8.99. The normalized spacial score (nSPS) is 24.1. The Morgan fingerprint density at radius 3 is 2.70 bits per heavy atom. The highest BCUT2D eigenvalue weighted by Crippen LogP contribution is 2.24. The molecule has 2 aliphatic rings. The van der Waals surface area contributed by atoms with Crippen LogP contribution in [0, 0.1) is 0 Å². The van der Waals surface area contributed by atoms with Gasteiger partial charge in [-0.25, -0.2) is 4.98 Å². The number of carbonyl (C=O) groups is 1. The number of anilines is 1. The number of pyridine rings is 1. The number of rotatable bonds is 3. The van der Waals surface area contributed by atoms with Crippen molar-refractivity contribution < 1.29 is 4.79 Å². The summed E-state index contributed by atoms with van der Waals surface area (Å²) in [5.74, 6) is 0.355. The smallest absolute Gasteiger partial charge is 0.251 e. The van der Waals surface area contributed by atoms with Crippen LogP contribution in [0.2, 0.25) is 0 Å². The zero-order chi connectivity index (χ0) is 16.1. The van der Waals surface area contributed by atoms with Crippen LogP contribution in [0.15, 0.2) is 18.3 Å². The van der Waals surface area contributed by atoms with Crippen molar-refractivity contribution in [2.24, 2.45) is 0 Å². The first kappa shape index (κ1) is 16.2. The van der Waals surface area contributed by atoms with Crippen molar-refractivity contribution in [2.75, 3.05) is 18.8 Å². The predicted octanol–water partition coefficient (Wildman–Crippen LogP) is 2.58. The molecule has 0 unspecified atom stereocenters. The van der Waals surface area contributed by atoms with Crippen LogP contribution in [0.25, 0.3) is 0 Å². The van der Waals surface area contributed by atoms with Crippen molar-refractivity contribution in [3.63, 3.8) is 0 Å². The van der Waals surface area contributed by atoms with E-state index < -0.39 is 0 Å². The summed E-state index contributed by atoms with van der Waals surface area (Å²) in [6.07, 6.45) is 11.9. The van der Waals surface area contributed by atoms with Crippen LogP contribution in [0.4, 0.5) is 5.82 Å². The molecular weight excluding hydrogens is 288 g/mol. The second-order valence-corrected chi connectivity index (χ2v) is 6.92. The maximum absolute atomic E-state index is 12.4. The summed E-state index contributed by atoms with van der Waals surface area (Å²) in [6.45, 7) is 2.16. The zero-order valence-electron chi connectivity index (χ0n) is 13.8. The van der Waals surface area contributed by atoms with Gasteiger partial charge in [0, 0.05) is 30.4 Å². The van der Waals surface area contributed by atoms with E-state index in [1.165, 1.54) is 51.5 Å². The topological polar surface area (TPSA) is 71.2 Å². The van der Waals surface area contributed by atoms with Crippen LogP contribution in [-0.4, -0.2) is 41.0 Å². The molecule has 23 heavy (non-hydrogen) atoms. The molecule has 1 saturated carbocycles. The molecule has 5 nitrogen and oxygen atoms in total. The number of hydrogen-bond donors (Lipinski definition) is 2. The second-order valence-electron chi connectivity index (χ2n) is 6.92. The fourth-order valence-corrected chi connectivity index (χ4v) is 3.94. The average Bonchev–Trinajstić information content (AvgIpc) is 2.84. The van der Waals surface area contributed by atoms with Gasteiger partial charge in [0.1, 0.15) is 5.82 Å². The van der Waals surface area contributed by atoms with Gasteiger partial charge in [0.25, 0.3) is 5.91 Å². The van der Waals surface area contributed by atoms with Gasteiger partial charge in [-0.2, -0.15) is 0 Å². The van der Waals surface area contributed by atoms with E-state index in [-0.39, 0.29) is 11.9 Å². The SMILES string of the molecule is Nc1cc(C(=O)N[C@H]2CCCN(C3CCCCCC3)C2)ccn1. The number of nitrogens with two attached hydrogens (primary N) is 1. The summed E-state index contributed by atoms with van der Waals surface area (Å²) >= 11 is 0. The monoisotopic (exact) mass is 316 g/mol. The highest BCUT2D eigenvalue weighted by molar-refractivity contribution is 5.94. The Balaban J connectivity index is 1.56. The van der Waals surface area contributed by atoms with E-state index in [1.54, 1.807) is 18.3 Å². The average molecular weight is 316 g/mol. The van der Waals surface area contributed by atoms with Crippen molar-refractivity contribution >= 4 is 11.7 Å². The molecule has 5 heteroatoms. The van der Waals surface area contributed by atoms with Gasteiger partial charge in [-0.15, -0.1) is 0 Å². The van der Waals surface area contributed by atoms with E-state index >= 15 is 0 Å². The molecule has 1 saturated heterocycles. The molecule has 0 spiro atoms. The minimum absolute atomic E-state index is 0.0354. The summed E-state index contributed by atoms with van der Waals surface area (Å²) < 4.78 is 0. The Bertz CT molecular complexity index is 526. The van der Waals surface area contributed by atoms with Crippen LogP contribution in [0.1, 0.15) is 61.7 Å². The molecule has 2 heterocycles. The summed E-state index contributed by atoms with van der Waals surface area (Å²) in [6, 6.07) is 4.32. The number of nitrogens with one attached hydrogen (secondary N) is 1. The van der Waals surface area contributed by atoms with Crippen LogP contribution >= 0.6 is 0 Å². The molecule has 0 radical (unpaired) electrons. The molecule has 1 aromatic rings. The molecular formula is C18H28N4O. The predicted molar refractivity (Wildman–Crippen MR) is 92.2 cm³/mol. The number of amides is 1. The number of carbonyl (C=O) groups excluding carboxylic acids is 1. The lowest BCUT2D eigenvalue weighted by molar-refractivity contribution is 0.0860. The van der Waals surface area contributed by atoms with Crippen LogP contribution in [-0.2, 0) is 0 Å². The largest absolute Gasteiger partial charge is 0.384 e. The molecule has 3 N–H and O–H groups in total. The molecule has 1 aliphatic carbocycles. The van der Waals surface area contributed by atoms with Gasteiger partial charge in [-0.3, -0.25) is 9.69 Å². The summed E-state index contributed by atoms with van der Waals surface area (Å²) in [5.41, 5.74) is 6.27. The third-order valence-corrected chi connectivity index (χ3v) is 5.17. The lowest BCUT2D eigenvalue weighted by Gasteiger charge is -2.38. The third-order valence-electron chi connectivity index (χ3n) is 5.17. The van der Waals surface area contributed by atoms with Gasteiger partial charge in [0.15, 0.2) is 0 Å². The number of nitrogen functional groups attached to an aromatic ring is 1. The summed E-state index contributed by atoms with van der Waals surface area (Å²) in [7, 11) is 0. The van der Waals surface area contributed by atoms with E-state index in [0.717, 1.165) is 13.0 Å². The summed E-state index contributed by atoms with van der Waals surface area (Å²) in [5, 5.41) is 3.18. The standard InChI is InChI=1S/C18H28N4O/c19-17-12-14(9-10-20-17)18(23)21-15-6-5-11-22(13-15)16-7-3-1-2-4-8-16/h9-10,12,15-16H,1-8,11,13H2,(H2,19,20)(H,21,23)/t15-/m0/s1. The molecule has 1 aliphatic heterocycles. The first-order chi connectivity index (χ1) is 11.2. The van der Waals surface area contributed by atoms with Crippen LogP contribution < -0.4 is 11.1 Å². The number of aromatic nitrogens is 1. The van der Waals surface area contributed by atoms with Gasteiger partial charge in [0.2, 0.25) is 0 Å². The summed E-state index contributed by atoms with van der Waals surface area (Å²) in [4.78, 5) is 18.9. The fourth-order valence-electron chi connectivity index (χ4n) is 3.94. The van der Waals surface area contributed by atoms with E-state index in [1.807, 2.05) is 0 Å². The lowest BCUT2D eigenvalue weighted by Crippen LogP contribution is -2.50. The number of likely N-dealkylation sites (tertiary alicyclic amines) is 1. The number of nitrogens with zero attached hydrogens (tertiary/aromatic N) is 2. The molecule has 0 bridgehead atoms. The van der Waals surface area contributed by atoms with Gasteiger partial charge >= 0.3 is 0 Å². The molecule has 1 aromatic heterocycles. The molecule has 126 valence electrons. The van der Waals surface area contributed by atoms with Crippen molar-refractivity contribution in [2.45, 2.75) is 63.5 Å². The van der Waals surface area contributed by atoms with Gasteiger partial charge in [-0.05, 0) is 44.4 Å². The molecule has 0 aromatic carbocycles. The molecule has 1 amide bonds. The van der Waals surface area contributed by atoms with E-state index in [9.17, 15) is 4.79 Å². The van der Waals surface area contributed by atoms with E-state index in [2.05, 4.69) is 15.2 Å². The maximum atomic E-state index is 12.4. The zero-order valence-corrected chi connectivity index (χ0v) is 13.8. The Hall–Kier alpha value is -1.62. The Kier molecular flexibility index (Phi) is 5.49. The van der Waals surface area contributed by atoms with Gasteiger partial charge in [-0.1, -0.05) is 25.7 Å². The van der Waals surface area contributed by atoms with Crippen molar-refractivity contribution in [1.82, 2.24) is 15.2 Å². The van der Waals surface area contributed by atoms with Gasteiger partial charge in [0.05, 0.1) is 0 Å².